The van der Waals surface area contributed by atoms with E-state index in [1.807, 2.05) is 6.92 Å². The number of carbonyl (C=O) groups excluding carboxylic acids is 1. The first kappa shape index (κ1) is 24.6. The highest BCUT2D eigenvalue weighted by molar-refractivity contribution is 7.92. The highest BCUT2D eigenvalue weighted by atomic mass is 35.5. The zero-order valence-electron chi connectivity index (χ0n) is 17.8. The molecule has 0 saturated carbocycles. The van der Waals surface area contributed by atoms with Gasteiger partial charge in [0.15, 0.2) is 0 Å². The van der Waals surface area contributed by atoms with Crippen LogP contribution in [0.2, 0.25) is 10.0 Å². The number of rotatable bonds is 8. The molecule has 1 N–H and O–H groups in total. The number of amides is 1. The van der Waals surface area contributed by atoms with Crippen LogP contribution in [-0.4, -0.2) is 34.2 Å². The minimum Gasteiger partial charge on any atom is -0.497 e. The van der Waals surface area contributed by atoms with Crippen molar-refractivity contribution in [1.82, 2.24) is 5.43 Å². The van der Waals surface area contributed by atoms with Gasteiger partial charge in [-0.3, -0.25) is 9.10 Å². The number of hydrogen-bond donors (Lipinski definition) is 1. The first-order chi connectivity index (χ1) is 15.7. The summed E-state index contributed by atoms with van der Waals surface area (Å²) < 4.78 is 32.9. The van der Waals surface area contributed by atoms with Crippen molar-refractivity contribution in [2.75, 3.05) is 18.0 Å². The van der Waals surface area contributed by atoms with Crippen molar-refractivity contribution in [2.45, 2.75) is 11.8 Å². The molecule has 3 aromatic carbocycles. The molecule has 0 aromatic heterocycles. The number of hydrogen-bond acceptors (Lipinski definition) is 5. The normalized spacial score (nSPS) is 11.4. The number of ether oxygens (including phenoxy) is 1. The van der Waals surface area contributed by atoms with Gasteiger partial charge in [-0.1, -0.05) is 47.0 Å². The van der Waals surface area contributed by atoms with E-state index in [9.17, 15) is 13.2 Å². The van der Waals surface area contributed by atoms with Gasteiger partial charge in [0.25, 0.3) is 15.9 Å². The summed E-state index contributed by atoms with van der Waals surface area (Å²) >= 11 is 12.0. The molecule has 0 aliphatic heterocycles. The average Bonchev–Trinajstić information content (AvgIpc) is 2.79. The van der Waals surface area contributed by atoms with Gasteiger partial charge < -0.3 is 4.74 Å². The lowest BCUT2D eigenvalue weighted by atomic mass is 10.2. The molecule has 172 valence electrons. The third-order valence-electron chi connectivity index (χ3n) is 4.61. The molecule has 0 atom stereocenters. The lowest BCUT2D eigenvalue weighted by Crippen LogP contribution is -2.39. The fraction of sp³-hybridized carbons (Fsp3) is 0.130. The standard InChI is InChI=1S/C23H21Cl2N3O4S/c1-16-3-11-21(12-4-16)33(30,31)28(19-7-9-20(32-2)10-8-19)15-23(29)27-26-14-17-5-6-18(24)13-22(17)25/h3-14H,15H2,1-2H3,(H,27,29)/b26-14+. The summed E-state index contributed by atoms with van der Waals surface area (Å²) in [6.07, 6.45) is 1.35. The summed E-state index contributed by atoms with van der Waals surface area (Å²) in [5.41, 5.74) is 4.10. The number of sulfonamides is 1. The van der Waals surface area contributed by atoms with Crippen molar-refractivity contribution in [1.29, 1.82) is 0 Å². The molecular weight excluding hydrogens is 485 g/mol. The Morgan fingerprint density at radius 2 is 1.73 bits per heavy atom. The summed E-state index contributed by atoms with van der Waals surface area (Å²) in [6, 6.07) is 17.6. The molecule has 0 spiro atoms. The minimum absolute atomic E-state index is 0.0631. The summed E-state index contributed by atoms with van der Waals surface area (Å²) in [5.74, 6) is -0.0804. The second-order valence-electron chi connectivity index (χ2n) is 6.98. The van der Waals surface area contributed by atoms with Crippen molar-refractivity contribution in [3.05, 3.63) is 87.9 Å². The molecular formula is C23H21Cl2N3O4S. The Morgan fingerprint density at radius 1 is 1.06 bits per heavy atom. The number of methoxy groups -OCH3 is 1. The SMILES string of the molecule is COc1ccc(N(CC(=O)N/N=C/c2ccc(Cl)cc2Cl)S(=O)(=O)c2ccc(C)cc2)cc1. The number of nitrogens with zero attached hydrogens (tertiary/aromatic N) is 2. The second kappa shape index (κ2) is 10.7. The van der Waals surface area contributed by atoms with Gasteiger partial charge in [-0.15, -0.1) is 0 Å². The largest absolute Gasteiger partial charge is 0.497 e. The van der Waals surface area contributed by atoms with E-state index in [1.54, 1.807) is 54.6 Å². The molecule has 1 amide bonds. The van der Waals surface area contributed by atoms with Crippen LogP contribution in [-0.2, 0) is 14.8 Å². The predicted octanol–water partition coefficient (Wildman–Crippen LogP) is 4.66. The van der Waals surface area contributed by atoms with Crippen molar-refractivity contribution >= 4 is 51.0 Å². The van der Waals surface area contributed by atoms with Gasteiger partial charge >= 0.3 is 0 Å². The van der Waals surface area contributed by atoms with E-state index >= 15 is 0 Å². The van der Waals surface area contributed by atoms with Gasteiger partial charge in [-0.25, -0.2) is 13.8 Å². The van der Waals surface area contributed by atoms with Crippen LogP contribution in [0.4, 0.5) is 5.69 Å². The lowest BCUT2D eigenvalue weighted by molar-refractivity contribution is -0.119. The second-order valence-corrected chi connectivity index (χ2v) is 9.69. The van der Waals surface area contributed by atoms with Gasteiger partial charge in [0.2, 0.25) is 0 Å². The molecule has 0 fully saturated rings. The van der Waals surface area contributed by atoms with Crippen molar-refractivity contribution < 1.29 is 17.9 Å². The summed E-state index contributed by atoms with van der Waals surface area (Å²) in [6.45, 7) is 1.37. The van der Waals surface area contributed by atoms with Crippen LogP contribution in [0.1, 0.15) is 11.1 Å². The van der Waals surface area contributed by atoms with Gasteiger partial charge in [-0.2, -0.15) is 5.10 Å². The Hall–Kier alpha value is -3.07. The van der Waals surface area contributed by atoms with E-state index < -0.39 is 22.5 Å². The van der Waals surface area contributed by atoms with Crippen LogP contribution in [0.5, 0.6) is 5.75 Å². The van der Waals surface area contributed by atoms with Crippen LogP contribution in [0.3, 0.4) is 0 Å². The van der Waals surface area contributed by atoms with E-state index in [4.69, 9.17) is 27.9 Å². The molecule has 7 nitrogen and oxygen atoms in total. The fourth-order valence-electron chi connectivity index (χ4n) is 2.85. The molecule has 33 heavy (non-hydrogen) atoms. The van der Waals surface area contributed by atoms with Crippen LogP contribution < -0.4 is 14.5 Å². The van der Waals surface area contributed by atoms with Gasteiger partial charge in [0, 0.05) is 10.6 Å². The molecule has 3 rings (SSSR count). The summed E-state index contributed by atoms with van der Waals surface area (Å²) in [5, 5.41) is 4.71. The number of halogens is 2. The van der Waals surface area contributed by atoms with Gasteiger partial charge in [-0.05, 0) is 55.5 Å². The molecule has 0 bridgehead atoms. The quantitative estimate of drug-likeness (QED) is 0.356. The maximum Gasteiger partial charge on any atom is 0.264 e. The molecule has 0 heterocycles. The van der Waals surface area contributed by atoms with E-state index in [1.165, 1.54) is 25.5 Å². The Kier molecular flexibility index (Phi) is 7.97. The Balaban J connectivity index is 1.85. The Bertz CT molecular complexity index is 1260. The lowest BCUT2D eigenvalue weighted by Gasteiger charge is -2.24. The molecule has 3 aromatic rings. The highest BCUT2D eigenvalue weighted by Gasteiger charge is 2.27. The van der Waals surface area contributed by atoms with E-state index in [0.717, 1.165) is 9.87 Å². The first-order valence-corrected chi connectivity index (χ1v) is 11.9. The van der Waals surface area contributed by atoms with Crippen LogP contribution in [0.15, 0.2) is 76.7 Å². The first-order valence-electron chi connectivity index (χ1n) is 9.71. The topological polar surface area (TPSA) is 88.1 Å². The third kappa shape index (κ3) is 6.25. The van der Waals surface area contributed by atoms with E-state index in [2.05, 4.69) is 10.5 Å². The van der Waals surface area contributed by atoms with E-state index in [-0.39, 0.29) is 4.90 Å². The third-order valence-corrected chi connectivity index (χ3v) is 6.96. The van der Waals surface area contributed by atoms with Crippen LogP contribution >= 0.6 is 23.2 Å². The van der Waals surface area contributed by atoms with Gasteiger partial charge in [0.1, 0.15) is 12.3 Å². The molecule has 0 aliphatic rings. The minimum atomic E-state index is -4.03. The number of hydrazone groups is 1. The number of anilines is 1. The predicted molar refractivity (Wildman–Crippen MR) is 131 cm³/mol. The zero-order valence-corrected chi connectivity index (χ0v) is 20.2. The number of nitrogens with one attached hydrogen (secondary N) is 1. The number of benzene rings is 3. The Morgan fingerprint density at radius 3 is 2.33 bits per heavy atom. The van der Waals surface area contributed by atoms with Gasteiger partial charge in [0.05, 0.1) is 28.9 Å². The molecule has 0 saturated heterocycles. The van der Waals surface area contributed by atoms with Crippen LogP contribution in [0, 0.1) is 6.92 Å². The maximum absolute atomic E-state index is 13.4. The molecule has 0 radical (unpaired) electrons. The zero-order chi connectivity index (χ0) is 24.0. The van der Waals surface area contributed by atoms with Crippen molar-refractivity contribution in [3.63, 3.8) is 0 Å². The average molecular weight is 506 g/mol. The smallest absolute Gasteiger partial charge is 0.264 e. The summed E-state index contributed by atoms with van der Waals surface area (Å²) in [4.78, 5) is 12.7. The Labute approximate surface area is 202 Å². The molecule has 0 unspecified atom stereocenters. The fourth-order valence-corrected chi connectivity index (χ4v) is 4.73. The highest BCUT2D eigenvalue weighted by Crippen LogP contribution is 2.26. The molecule has 10 heteroatoms. The van der Waals surface area contributed by atoms with Crippen molar-refractivity contribution in [3.8, 4) is 5.75 Å². The monoisotopic (exact) mass is 505 g/mol. The summed E-state index contributed by atoms with van der Waals surface area (Å²) in [7, 11) is -2.52. The number of aryl methyl sites for hydroxylation is 1. The maximum atomic E-state index is 13.4. The van der Waals surface area contributed by atoms with Crippen LogP contribution in [0.25, 0.3) is 0 Å². The van der Waals surface area contributed by atoms with Crippen molar-refractivity contribution in [2.24, 2.45) is 5.10 Å². The number of carbonyl (C=O) groups is 1. The van der Waals surface area contributed by atoms with E-state index in [0.29, 0.717) is 27.0 Å². The molecule has 0 aliphatic carbocycles.